The van der Waals surface area contributed by atoms with Gasteiger partial charge in [0.2, 0.25) is 0 Å². The first kappa shape index (κ1) is 25.0. The molecule has 2 aromatic carbocycles. The average Bonchev–Trinajstić information content (AvgIpc) is 3.58. The van der Waals surface area contributed by atoms with E-state index in [0.717, 1.165) is 12.8 Å². The van der Waals surface area contributed by atoms with E-state index in [2.05, 4.69) is 0 Å². The largest absolute Gasteiger partial charge is 0.497 e. The van der Waals surface area contributed by atoms with E-state index in [9.17, 15) is 13.2 Å². The molecule has 186 valence electrons. The molecule has 4 rings (SSSR count). The van der Waals surface area contributed by atoms with E-state index in [4.69, 9.17) is 18.4 Å². The van der Waals surface area contributed by atoms with Gasteiger partial charge in [0.1, 0.15) is 10.6 Å². The summed E-state index contributed by atoms with van der Waals surface area (Å²) in [5.74, 6) is 0.743. The van der Waals surface area contributed by atoms with Gasteiger partial charge in [-0.05, 0) is 66.2 Å². The number of rotatable bonds is 10. The van der Waals surface area contributed by atoms with Gasteiger partial charge in [-0.1, -0.05) is 12.1 Å². The number of thiophene rings is 1. The van der Waals surface area contributed by atoms with Crippen LogP contribution in [-0.2, 0) is 21.4 Å². The van der Waals surface area contributed by atoms with Gasteiger partial charge in [0, 0.05) is 19.7 Å². The van der Waals surface area contributed by atoms with Gasteiger partial charge in [-0.2, -0.15) is 8.42 Å². The van der Waals surface area contributed by atoms with Crippen LogP contribution in [0.2, 0.25) is 0 Å². The molecule has 1 aliphatic rings. The molecule has 35 heavy (non-hydrogen) atoms. The highest BCUT2D eigenvalue weighted by Crippen LogP contribution is 2.32. The number of carbonyl (C=O) groups is 1. The quantitative estimate of drug-likeness (QED) is 0.369. The number of carbonyl (C=O) groups excluding carboxylic acids is 1. The first-order valence-electron chi connectivity index (χ1n) is 11.1. The van der Waals surface area contributed by atoms with Crippen molar-refractivity contribution in [2.75, 3.05) is 27.4 Å². The molecule has 2 heterocycles. The Balaban J connectivity index is 1.58. The van der Waals surface area contributed by atoms with Crippen LogP contribution in [0.4, 0.5) is 0 Å². The van der Waals surface area contributed by atoms with Crippen molar-refractivity contribution >= 4 is 27.4 Å². The molecule has 0 aliphatic carbocycles. The summed E-state index contributed by atoms with van der Waals surface area (Å²) >= 11 is 1.38. The second-order valence-corrected chi connectivity index (χ2v) is 10.5. The van der Waals surface area contributed by atoms with Crippen molar-refractivity contribution in [3.8, 4) is 17.2 Å². The molecule has 1 amide bonds. The van der Waals surface area contributed by atoms with E-state index < -0.39 is 10.1 Å². The minimum atomic E-state index is -4.12. The second kappa shape index (κ2) is 11.1. The summed E-state index contributed by atoms with van der Waals surface area (Å²) in [6.45, 7) is 1.40. The molecule has 0 radical (unpaired) electrons. The van der Waals surface area contributed by atoms with Crippen molar-refractivity contribution in [1.29, 1.82) is 0 Å². The monoisotopic (exact) mass is 517 g/mol. The third-order valence-corrected chi connectivity index (χ3v) is 7.72. The van der Waals surface area contributed by atoms with Gasteiger partial charge in [0.05, 0.1) is 25.2 Å². The van der Waals surface area contributed by atoms with Crippen molar-refractivity contribution in [2.45, 2.75) is 30.4 Å². The van der Waals surface area contributed by atoms with Crippen molar-refractivity contribution in [3.05, 3.63) is 70.4 Å². The molecular formula is C25H27NO7S2. The maximum atomic E-state index is 13.2. The Hall–Kier alpha value is -3.08. The highest BCUT2D eigenvalue weighted by Gasteiger charge is 2.25. The maximum Gasteiger partial charge on any atom is 0.339 e. The Morgan fingerprint density at radius 1 is 1.09 bits per heavy atom. The fourth-order valence-electron chi connectivity index (χ4n) is 3.82. The lowest BCUT2D eigenvalue weighted by Gasteiger charge is -2.25. The zero-order valence-electron chi connectivity index (χ0n) is 19.5. The molecule has 0 saturated carbocycles. The summed E-state index contributed by atoms with van der Waals surface area (Å²) in [6, 6.07) is 14.5. The van der Waals surface area contributed by atoms with Crippen LogP contribution in [0.15, 0.2) is 64.9 Å². The molecule has 1 aliphatic heterocycles. The van der Waals surface area contributed by atoms with E-state index >= 15 is 0 Å². The van der Waals surface area contributed by atoms with Gasteiger partial charge in [0.25, 0.3) is 5.91 Å². The lowest BCUT2D eigenvalue weighted by atomic mass is 10.1. The highest BCUT2D eigenvalue weighted by molar-refractivity contribution is 7.87. The molecule has 1 atom stereocenters. The molecule has 10 heteroatoms. The molecule has 0 spiro atoms. The van der Waals surface area contributed by atoms with Crippen LogP contribution in [0.1, 0.15) is 28.1 Å². The first-order valence-corrected chi connectivity index (χ1v) is 13.4. The molecule has 3 aromatic rings. The number of ether oxygens (including phenoxy) is 3. The topological polar surface area (TPSA) is 91.4 Å². The van der Waals surface area contributed by atoms with Crippen molar-refractivity contribution in [3.63, 3.8) is 0 Å². The van der Waals surface area contributed by atoms with Crippen molar-refractivity contribution in [2.24, 2.45) is 0 Å². The second-order valence-electron chi connectivity index (χ2n) is 8.00. The molecule has 0 unspecified atom stereocenters. The maximum absolute atomic E-state index is 13.2. The summed E-state index contributed by atoms with van der Waals surface area (Å²) in [5, 5.41) is 1.86. The van der Waals surface area contributed by atoms with E-state index in [-0.39, 0.29) is 35.0 Å². The van der Waals surface area contributed by atoms with Crippen LogP contribution in [-0.4, -0.2) is 52.7 Å². The normalized spacial score (nSPS) is 15.5. The zero-order valence-corrected chi connectivity index (χ0v) is 21.1. The van der Waals surface area contributed by atoms with E-state index in [1.807, 2.05) is 11.4 Å². The van der Waals surface area contributed by atoms with Gasteiger partial charge in [-0.25, -0.2) is 0 Å². The zero-order chi connectivity index (χ0) is 24.8. The minimum absolute atomic E-state index is 0.0152. The Morgan fingerprint density at radius 3 is 2.51 bits per heavy atom. The van der Waals surface area contributed by atoms with Gasteiger partial charge < -0.3 is 23.3 Å². The number of hydrogen-bond donors (Lipinski definition) is 0. The lowest BCUT2D eigenvalue weighted by molar-refractivity contribution is 0.0511. The molecule has 0 bridgehead atoms. The standard InChI is InChI=1S/C25H27NO7S2/c1-30-19-8-10-21(11-9-19)35(28,29)33-23-15-18(7-12-22(23)31-2)16-26(17-20-5-3-13-32-20)25(27)24-6-4-14-34-24/h4,6-12,14-15,20H,3,5,13,16-17H2,1-2H3/t20-/m0/s1. The first-order chi connectivity index (χ1) is 16.9. The third kappa shape index (κ3) is 6.14. The van der Waals surface area contributed by atoms with Gasteiger partial charge in [-0.3, -0.25) is 4.79 Å². The predicted molar refractivity (Wildman–Crippen MR) is 132 cm³/mol. The minimum Gasteiger partial charge on any atom is -0.497 e. The molecular weight excluding hydrogens is 490 g/mol. The Labute approximate surface area is 209 Å². The highest BCUT2D eigenvalue weighted by atomic mass is 32.2. The molecule has 8 nitrogen and oxygen atoms in total. The summed E-state index contributed by atoms with van der Waals surface area (Å²) in [4.78, 5) is 15.5. The van der Waals surface area contributed by atoms with Gasteiger partial charge >= 0.3 is 10.1 Å². The number of nitrogens with zero attached hydrogens (tertiary/aromatic N) is 1. The van der Waals surface area contributed by atoms with Crippen LogP contribution in [0, 0.1) is 0 Å². The molecule has 0 N–H and O–H groups in total. The van der Waals surface area contributed by atoms with Crippen molar-refractivity contribution < 1.29 is 31.6 Å². The fourth-order valence-corrected chi connectivity index (χ4v) is 5.45. The third-order valence-electron chi connectivity index (χ3n) is 5.62. The average molecular weight is 518 g/mol. The smallest absolute Gasteiger partial charge is 0.339 e. The summed E-state index contributed by atoms with van der Waals surface area (Å²) < 4.78 is 47.4. The Morgan fingerprint density at radius 2 is 1.89 bits per heavy atom. The van der Waals surface area contributed by atoms with Crippen LogP contribution in [0.5, 0.6) is 17.2 Å². The van der Waals surface area contributed by atoms with Gasteiger partial charge in [0.15, 0.2) is 11.5 Å². The molecule has 1 aromatic heterocycles. The molecule has 1 saturated heterocycles. The Bertz CT molecular complexity index is 1240. The van der Waals surface area contributed by atoms with Crippen LogP contribution in [0.25, 0.3) is 0 Å². The predicted octanol–water partition coefficient (Wildman–Crippen LogP) is 4.35. The lowest BCUT2D eigenvalue weighted by Crippen LogP contribution is -2.36. The summed E-state index contributed by atoms with van der Waals surface area (Å²) in [5.41, 5.74) is 0.702. The van der Waals surface area contributed by atoms with E-state index in [1.165, 1.54) is 37.7 Å². The van der Waals surface area contributed by atoms with Crippen LogP contribution in [0.3, 0.4) is 0 Å². The number of amides is 1. The fraction of sp³-hybridized carbons (Fsp3) is 0.320. The molecule has 1 fully saturated rings. The number of benzene rings is 2. The van der Waals surface area contributed by atoms with Crippen LogP contribution < -0.4 is 13.7 Å². The Kier molecular flexibility index (Phi) is 7.94. The SMILES string of the molecule is COc1ccc(S(=O)(=O)Oc2cc(CN(C[C@@H]3CCCO3)C(=O)c3cccs3)ccc2OC)cc1. The van der Waals surface area contributed by atoms with Crippen molar-refractivity contribution in [1.82, 2.24) is 4.90 Å². The van der Waals surface area contributed by atoms with Crippen LogP contribution >= 0.6 is 11.3 Å². The summed E-state index contributed by atoms with van der Waals surface area (Å²) in [7, 11) is -1.18. The van der Waals surface area contributed by atoms with Gasteiger partial charge in [-0.15, -0.1) is 11.3 Å². The van der Waals surface area contributed by atoms with E-state index in [1.54, 1.807) is 41.3 Å². The summed E-state index contributed by atoms with van der Waals surface area (Å²) in [6.07, 6.45) is 1.84. The number of methoxy groups -OCH3 is 2. The van der Waals surface area contributed by atoms with E-state index in [0.29, 0.717) is 29.3 Å². The number of hydrogen-bond acceptors (Lipinski definition) is 8.